The quantitative estimate of drug-likeness (QED) is 0.741. The van der Waals surface area contributed by atoms with Gasteiger partial charge in [0, 0.05) is 31.7 Å². The van der Waals surface area contributed by atoms with Gasteiger partial charge in [0.1, 0.15) is 4.90 Å². The second kappa shape index (κ2) is 8.64. The van der Waals surface area contributed by atoms with E-state index in [0.29, 0.717) is 24.6 Å². The Labute approximate surface area is 172 Å². The molecule has 5 nitrogen and oxygen atoms in total. The Hall–Kier alpha value is -1.89. The number of hydrogen-bond acceptors (Lipinski definition) is 3. The summed E-state index contributed by atoms with van der Waals surface area (Å²) in [5.74, 6) is 0.501. The SMILES string of the molecule is CC(C)Cc1ccc(C(=O)N2CCN(S(=O)(=O)c3ccccc3Cl)CC2)cc1. The maximum Gasteiger partial charge on any atom is 0.253 e. The number of piperazine rings is 1. The van der Waals surface area contributed by atoms with Crippen molar-refractivity contribution in [1.29, 1.82) is 0 Å². The van der Waals surface area contributed by atoms with Gasteiger partial charge in [0.05, 0.1) is 5.02 Å². The minimum atomic E-state index is -3.66. The van der Waals surface area contributed by atoms with Crippen LogP contribution < -0.4 is 0 Å². The van der Waals surface area contributed by atoms with E-state index in [4.69, 9.17) is 11.6 Å². The molecular weight excluding hydrogens is 396 g/mol. The minimum absolute atomic E-state index is 0.0640. The molecule has 1 fully saturated rings. The first-order chi connectivity index (χ1) is 13.3. The van der Waals surface area contributed by atoms with E-state index in [-0.39, 0.29) is 28.9 Å². The highest BCUT2D eigenvalue weighted by molar-refractivity contribution is 7.89. The lowest BCUT2D eigenvalue weighted by Crippen LogP contribution is -2.50. The standard InChI is InChI=1S/C21H25ClN2O3S/c1-16(2)15-17-7-9-18(10-8-17)21(25)23-11-13-24(14-12-23)28(26,27)20-6-4-3-5-19(20)22/h3-10,16H,11-15H2,1-2H3. The zero-order chi connectivity index (χ0) is 20.3. The van der Waals surface area contributed by atoms with Crippen molar-refractivity contribution in [3.05, 3.63) is 64.7 Å². The Morgan fingerprint density at radius 2 is 1.61 bits per heavy atom. The fourth-order valence-electron chi connectivity index (χ4n) is 3.36. The van der Waals surface area contributed by atoms with Crippen LogP contribution in [0.3, 0.4) is 0 Å². The average Bonchev–Trinajstić information content (AvgIpc) is 2.68. The maximum absolute atomic E-state index is 12.8. The van der Waals surface area contributed by atoms with Gasteiger partial charge >= 0.3 is 0 Å². The predicted octanol–water partition coefficient (Wildman–Crippen LogP) is 3.69. The van der Waals surface area contributed by atoms with Gasteiger partial charge in [0.2, 0.25) is 10.0 Å². The second-order valence-electron chi connectivity index (χ2n) is 7.42. The molecule has 1 heterocycles. The average molecular weight is 421 g/mol. The van der Waals surface area contributed by atoms with Gasteiger partial charge in [0.15, 0.2) is 0 Å². The fraction of sp³-hybridized carbons (Fsp3) is 0.381. The molecule has 1 aliphatic heterocycles. The van der Waals surface area contributed by atoms with E-state index < -0.39 is 10.0 Å². The van der Waals surface area contributed by atoms with Gasteiger partial charge < -0.3 is 4.90 Å². The summed E-state index contributed by atoms with van der Waals surface area (Å²) in [6.07, 6.45) is 0.979. The van der Waals surface area contributed by atoms with E-state index in [1.165, 1.54) is 15.9 Å². The number of amides is 1. The molecule has 150 valence electrons. The number of benzene rings is 2. The first-order valence-electron chi connectivity index (χ1n) is 9.42. The van der Waals surface area contributed by atoms with Crippen LogP contribution in [0.25, 0.3) is 0 Å². The van der Waals surface area contributed by atoms with E-state index >= 15 is 0 Å². The third-order valence-electron chi connectivity index (χ3n) is 4.83. The summed E-state index contributed by atoms with van der Waals surface area (Å²) in [6, 6.07) is 14.1. The van der Waals surface area contributed by atoms with Crippen molar-refractivity contribution < 1.29 is 13.2 Å². The molecule has 0 radical (unpaired) electrons. The smallest absolute Gasteiger partial charge is 0.253 e. The number of hydrogen-bond donors (Lipinski definition) is 0. The molecular formula is C21H25ClN2O3S. The molecule has 3 rings (SSSR count). The molecule has 0 saturated carbocycles. The van der Waals surface area contributed by atoms with Crippen molar-refractivity contribution in [2.75, 3.05) is 26.2 Å². The highest BCUT2D eigenvalue weighted by Gasteiger charge is 2.31. The zero-order valence-corrected chi connectivity index (χ0v) is 17.7. The number of carbonyl (C=O) groups is 1. The summed E-state index contributed by atoms with van der Waals surface area (Å²) in [7, 11) is -3.66. The number of halogens is 1. The van der Waals surface area contributed by atoms with Crippen LogP contribution in [0.15, 0.2) is 53.4 Å². The fourth-order valence-corrected chi connectivity index (χ4v) is 5.28. The summed E-state index contributed by atoms with van der Waals surface area (Å²) in [4.78, 5) is 14.6. The molecule has 0 aromatic heterocycles. The third kappa shape index (κ3) is 4.57. The largest absolute Gasteiger partial charge is 0.336 e. The number of nitrogens with zero attached hydrogens (tertiary/aromatic N) is 2. The van der Waals surface area contributed by atoms with Crippen LogP contribution in [-0.2, 0) is 16.4 Å². The summed E-state index contributed by atoms with van der Waals surface area (Å²) in [5.41, 5.74) is 1.84. The molecule has 2 aromatic carbocycles. The molecule has 1 amide bonds. The molecule has 1 saturated heterocycles. The summed E-state index contributed by atoms with van der Waals surface area (Å²) in [5, 5.41) is 0.211. The lowest BCUT2D eigenvalue weighted by Gasteiger charge is -2.34. The molecule has 0 N–H and O–H groups in total. The first-order valence-corrected chi connectivity index (χ1v) is 11.2. The van der Waals surface area contributed by atoms with Crippen LogP contribution in [-0.4, -0.2) is 49.7 Å². The Balaban J connectivity index is 1.65. The molecule has 0 aliphatic carbocycles. The van der Waals surface area contributed by atoms with Gasteiger partial charge in [-0.25, -0.2) is 8.42 Å². The van der Waals surface area contributed by atoms with Gasteiger partial charge in [-0.3, -0.25) is 4.79 Å². The summed E-state index contributed by atoms with van der Waals surface area (Å²) < 4.78 is 27.0. The summed E-state index contributed by atoms with van der Waals surface area (Å²) in [6.45, 7) is 5.55. The molecule has 0 bridgehead atoms. The zero-order valence-electron chi connectivity index (χ0n) is 16.1. The molecule has 0 spiro atoms. The van der Waals surface area contributed by atoms with Gasteiger partial charge in [-0.2, -0.15) is 4.31 Å². The molecule has 0 unspecified atom stereocenters. The lowest BCUT2D eigenvalue weighted by molar-refractivity contribution is 0.0698. The second-order valence-corrected chi connectivity index (χ2v) is 9.74. The van der Waals surface area contributed by atoms with Crippen LogP contribution in [0.4, 0.5) is 0 Å². The first kappa shape index (κ1) is 20.8. The Kier molecular flexibility index (Phi) is 6.43. The highest BCUT2D eigenvalue weighted by Crippen LogP contribution is 2.25. The number of carbonyl (C=O) groups excluding carboxylic acids is 1. The highest BCUT2D eigenvalue weighted by atomic mass is 35.5. The molecule has 2 aromatic rings. The molecule has 0 atom stereocenters. The minimum Gasteiger partial charge on any atom is -0.336 e. The number of sulfonamides is 1. The maximum atomic E-state index is 12.8. The van der Waals surface area contributed by atoms with E-state index in [1.807, 2.05) is 24.3 Å². The van der Waals surface area contributed by atoms with Crippen LogP contribution in [0.1, 0.15) is 29.8 Å². The predicted molar refractivity (Wildman–Crippen MR) is 111 cm³/mol. The van der Waals surface area contributed by atoms with Crippen LogP contribution in [0.2, 0.25) is 5.02 Å². The van der Waals surface area contributed by atoms with Crippen molar-refractivity contribution in [2.45, 2.75) is 25.2 Å². The molecule has 28 heavy (non-hydrogen) atoms. The van der Waals surface area contributed by atoms with E-state index in [0.717, 1.165) is 6.42 Å². The van der Waals surface area contributed by atoms with Crippen molar-refractivity contribution in [2.24, 2.45) is 5.92 Å². The van der Waals surface area contributed by atoms with Gasteiger partial charge in [-0.1, -0.05) is 49.7 Å². The monoisotopic (exact) mass is 420 g/mol. The Morgan fingerprint density at radius 3 is 2.18 bits per heavy atom. The van der Waals surface area contributed by atoms with Crippen LogP contribution in [0.5, 0.6) is 0 Å². The number of rotatable bonds is 5. The van der Waals surface area contributed by atoms with Crippen molar-refractivity contribution in [3.8, 4) is 0 Å². The Bertz CT molecular complexity index is 934. The topological polar surface area (TPSA) is 57.7 Å². The third-order valence-corrected chi connectivity index (χ3v) is 7.22. The van der Waals surface area contributed by atoms with Gasteiger partial charge in [0.25, 0.3) is 5.91 Å². The molecule has 1 aliphatic rings. The summed E-state index contributed by atoms with van der Waals surface area (Å²) >= 11 is 6.06. The van der Waals surface area contributed by atoms with Crippen LogP contribution >= 0.6 is 11.6 Å². The van der Waals surface area contributed by atoms with Crippen molar-refractivity contribution >= 4 is 27.5 Å². The van der Waals surface area contributed by atoms with Crippen molar-refractivity contribution in [3.63, 3.8) is 0 Å². The van der Waals surface area contributed by atoms with E-state index in [9.17, 15) is 13.2 Å². The van der Waals surface area contributed by atoms with Gasteiger partial charge in [-0.15, -0.1) is 0 Å². The molecule has 7 heteroatoms. The van der Waals surface area contributed by atoms with E-state index in [2.05, 4.69) is 13.8 Å². The normalized spacial score (nSPS) is 15.8. The lowest BCUT2D eigenvalue weighted by atomic mass is 10.0. The van der Waals surface area contributed by atoms with Crippen molar-refractivity contribution in [1.82, 2.24) is 9.21 Å². The van der Waals surface area contributed by atoms with Crippen LogP contribution in [0, 0.1) is 5.92 Å². The van der Waals surface area contributed by atoms with E-state index in [1.54, 1.807) is 23.1 Å². The van der Waals surface area contributed by atoms with Gasteiger partial charge in [-0.05, 0) is 42.2 Å². The Morgan fingerprint density at radius 1 is 1.00 bits per heavy atom.